The minimum atomic E-state index is -0.705. The number of nitrogens with zero attached hydrogens (tertiary/aromatic N) is 5. The third-order valence-electron chi connectivity index (χ3n) is 7.06. The van der Waals surface area contributed by atoms with Crippen molar-refractivity contribution in [2.24, 2.45) is 7.05 Å². The second-order valence-electron chi connectivity index (χ2n) is 9.11. The second-order valence-corrected chi connectivity index (χ2v) is 9.11. The molecule has 36 heavy (non-hydrogen) atoms. The van der Waals surface area contributed by atoms with Crippen molar-refractivity contribution in [3.05, 3.63) is 63.1 Å². The molecule has 1 unspecified atom stereocenters. The first-order valence-electron chi connectivity index (χ1n) is 11.9. The van der Waals surface area contributed by atoms with Gasteiger partial charge in [0.15, 0.2) is 11.5 Å². The number of anilines is 1. The zero-order valence-corrected chi connectivity index (χ0v) is 20.8. The monoisotopic (exact) mass is 491 g/mol. The van der Waals surface area contributed by atoms with Gasteiger partial charge in [-0.3, -0.25) is 13.9 Å². The van der Waals surface area contributed by atoms with E-state index in [4.69, 9.17) is 9.47 Å². The molecule has 0 bridgehead atoms. The Bertz CT molecular complexity index is 1570. The Kier molecular flexibility index (Phi) is 6.13. The van der Waals surface area contributed by atoms with Gasteiger partial charge in [-0.25, -0.2) is 14.8 Å². The summed E-state index contributed by atoms with van der Waals surface area (Å²) in [6.07, 6.45) is 2.04. The summed E-state index contributed by atoms with van der Waals surface area (Å²) >= 11 is 0. The number of aryl methyl sites for hydroxylation is 1. The lowest BCUT2D eigenvalue weighted by atomic mass is 10.0. The SMILES string of the molecule is COc1cc2ncnc(N3CCC(n4c(=O)c5cc(C(C)O)ccc5n(C)c4=O)CC3)c2cc1OC. The van der Waals surface area contributed by atoms with E-state index in [2.05, 4.69) is 14.9 Å². The number of rotatable bonds is 5. The molecule has 4 aromatic rings. The van der Waals surface area contributed by atoms with Crippen LogP contribution in [-0.4, -0.2) is 51.5 Å². The van der Waals surface area contributed by atoms with Gasteiger partial charge in [0.05, 0.1) is 36.7 Å². The molecule has 10 nitrogen and oxygen atoms in total. The molecule has 188 valence electrons. The Morgan fingerprint density at radius 1 is 1.00 bits per heavy atom. The number of aromatic nitrogens is 4. The van der Waals surface area contributed by atoms with E-state index < -0.39 is 6.10 Å². The summed E-state index contributed by atoms with van der Waals surface area (Å²) in [5, 5.41) is 11.3. The van der Waals surface area contributed by atoms with E-state index in [0.717, 1.165) is 16.7 Å². The Morgan fingerprint density at radius 2 is 1.69 bits per heavy atom. The van der Waals surface area contributed by atoms with Gasteiger partial charge >= 0.3 is 5.69 Å². The van der Waals surface area contributed by atoms with Crippen LogP contribution in [-0.2, 0) is 7.05 Å². The molecule has 1 atom stereocenters. The van der Waals surface area contributed by atoms with Gasteiger partial charge in [-0.2, -0.15) is 0 Å². The molecule has 0 spiro atoms. The third-order valence-corrected chi connectivity index (χ3v) is 7.06. The molecule has 1 aliphatic rings. The number of methoxy groups -OCH3 is 2. The zero-order chi connectivity index (χ0) is 25.6. The molecule has 2 aromatic carbocycles. The fraction of sp³-hybridized carbons (Fsp3) is 0.385. The highest BCUT2D eigenvalue weighted by Crippen LogP contribution is 2.36. The van der Waals surface area contributed by atoms with Gasteiger partial charge in [-0.15, -0.1) is 0 Å². The van der Waals surface area contributed by atoms with Crippen LogP contribution in [0, 0.1) is 0 Å². The van der Waals surface area contributed by atoms with Crippen LogP contribution in [0.2, 0.25) is 0 Å². The van der Waals surface area contributed by atoms with Crippen LogP contribution in [0.5, 0.6) is 11.5 Å². The number of ether oxygens (including phenoxy) is 2. The number of benzene rings is 2. The summed E-state index contributed by atoms with van der Waals surface area (Å²) in [5.41, 5.74) is 1.29. The van der Waals surface area contributed by atoms with Crippen molar-refractivity contribution in [3.8, 4) is 11.5 Å². The van der Waals surface area contributed by atoms with Gasteiger partial charge in [0.25, 0.3) is 5.56 Å². The largest absolute Gasteiger partial charge is 0.493 e. The molecular weight excluding hydrogens is 462 g/mol. The lowest BCUT2D eigenvalue weighted by Crippen LogP contribution is -2.45. The molecule has 0 amide bonds. The van der Waals surface area contributed by atoms with Crippen LogP contribution in [0.3, 0.4) is 0 Å². The predicted octanol–water partition coefficient (Wildman–Crippen LogP) is 2.56. The molecule has 1 fully saturated rings. The lowest BCUT2D eigenvalue weighted by Gasteiger charge is -2.34. The summed E-state index contributed by atoms with van der Waals surface area (Å²) in [5.74, 6) is 1.97. The smallest absolute Gasteiger partial charge is 0.331 e. The van der Waals surface area contributed by atoms with E-state index in [1.807, 2.05) is 12.1 Å². The molecule has 1 aliphatic heterocycles. The van der Waals surface area contributed by atoms with Crippen molar-refractivity contribution in [1.29, 1.82) is 0 Å². The van der Waals surface area contributed by atoms with Crippen molar-refractivity contribution in [3.63, 3.8) is 0 Å². The first-order valence-corrected chi connectivity index (χ1v) is 11.9. The number of piperidine rings is 1. The van der Waals surface area contributed by atoms with Crippen LogP contribution in [0.4, 0.5) is 5.82 Å². The fourth-order valence-corrected chi connectivity index (χ4v) is 5.04. The highest BCUT2D eigenvalue weighted by Gasteiger charge is 2.27. The topological polar surface area (TPSA) is 112 Å². The normalized spacial score (nSPS) is 15.4. The van der Waals surface area contributed by atoms with Gasteiger partial charge in [0.2, 0.25) is 0 Å². The minimum absolute atomic E-state index is 0.241. The Balaban J connectivity index is 1.48. The molecule has 10 heteroatoms. The molecule has 5 rings (SSSR count). The van der Waals surface area contributed by atoms with E-state index in [0.29, 0.717) is 53.9 Å². The van der Waals surface area contributed by atoms with E-state index >= 15 is 0 Å². The van der Waals surface area contributed by atoms with Crippen LogP contribution in [0.1, 0.15) is 37.5 Å². The second kappa shape index (κ2) is 9.27. The first-order chi connectivity index (χ1) is 17.3. The highest BCUT2D eigenvalue weighted by molar-refractivity contribution is 5.92. The molecule has 0 saturated carbocycles. The Labute approximate surface area is 207 Å². The third kappa shape index (κ3) is 3.87. The van der Waals surface area contributed by atoms with Gasteiger partial charge in [-0.1, -0.05) is 6.07 Å². The van der Waals surface area contributed by atoms with Crippen molar-refractivity contribution >= 4 is 27.6 Å². The van der Waals surface area contributed by atoms with Crippen LogP contribution >= 0.6 is 0 Å². The van der Waals surface area contributed by atoms with E-state index in [9.17, 15) is 14.7 Å². The Morgan fingerprint density at radius 3 is 2.36 bits per heavy atom. The maximum atomic E-state index is 13.4. The van der Waals surface area contributed by atoms with Crippen LogP contribution in [0.15, 0.2) is 46.2 Å². The minimum Gasteiger partial charge on any atom is -0.493 e. The first kappa shape index (κ1) is 23.8. The summed E-state index contributed by atoms with van der Waals surface area (Å²) in [6.45, 7) is 2.89. The van der Waals surface area contributed by atoms with Crippen molar-refractivity contribution < 1.29 is 14.6 Å². The highest BCUT2D eigenvalue weighted by atomic mass is 16.5. The molecular formula is C26H29N5O5. The van der Waals surface area contributed by atoms with E-state index in [1.54, 1.807) is 46.4 Å². The number of hydrogen-bond donors (Lipinski definition) is 1. The van der Waals surface area contributed by atoms with Crippen LogP contribution < -0.4 is 25.6 Å². The maximum absolute atomic E-state index is 13.4. The maximum Gasteiger partial charge on any atom is 0.331 e. The van der Waals surface area contributed by atoms with Crippen molar-refractivity contribution in [2.75, 3.05) is 32.2 Å². The lowest BCUT2D eigenvalue weighted by molar-refractivity contribution is 0.199. The molecule has 0 radical (unpaired) electrons. The molecule has 1 saturated heterocycles. The standard InChI is InChI=1S/C26H29N5O5/c1-15(32)16-5-6-21-19(11-16)25(33)31(26(34)29(21)2)17-7-9-30(10-8-17)24-18-12-22(35-3)23(36-4)13-20(18)27-14-28-24/h5-6,11-15,17,32H,7-10H2,1-4H3. The predicted molar refractivity (Wildman–Crippen MR) is 137 cm³/mol. The van der Waals surface area contributed by atoms with Crippen molar-refractivity contribution in [2.45, 2.75) is 31.9 Å². The number of aliphatic hydroxyl groups excluding tert-OH is 1. The Hall–Kier alpha value is -3.92. The van der Waals surface area contributed by atoms with Crippen LogP contribution in [0.25, 0.3) is 21.8 Å². The number of fused-ring (bicyclic) bond motifs is 2. The average molecular weight is 492 g/mol. The van der Waals surface area contributed by atoms with Gasteiger partial charge in [0.1, 0.15) is 12.1 Å². The zero-order valence-electron chi connectivity index (χ0n) is 20.8. The summed E-state index contributed by atoms with van der Waals surface area (Å²) in [7, 11) is 4.85. The summed E-state index contributed by atoms with van der Waals surface area (Å²) < 4.78 is 13.7. The molecule has 1 N–H and O–H groups in total. The summed E-state index contributed by atoms with van der Waals surface area (Å²) in [4.78, 5) is 37.7. The van der Waals surface area contributed by atoms with Crippen molar-refractivity contribution in [1.82, 2.24) is 19.1 Å². The average Bonchev–Trinajstić information content (AvgIpc) is 2.90. The molecule has 0 aliphatic carbocycles. The van der Waals surface area contributed by atoms with E-state index in [-0.39, 0.29) is 17.3 Å². The fourth-order valence-electron chi connectivity index (χ4n) is 5.04. The molecule has 2 aromatic heterocycles. The number of hydrogen-bond acceptors (Lipinski definition) is 8. The summed E-state index contributed by atoms with van der Waals surface area (Å²) in [6, 6.07) is 8.60. The van der Waals surface area contributed by atoms with Gasteiger partial charge in [-0.05, 0) is 43.5 Å². The quantitative estimate of drug-likeness (QED) is 0.453. The van der Waals surface area contributed by atoms with Gasteiger partial charge < -0.3 is 19.5 Å². The van der Waals surface area contributed by atoms with E-state index in [1.165, 1.54) is 15.5 Å². The molecule has 3 heterocycles. The van der Waals surface area contributed by atoms with Gasteiger partial charge in [0, 0.05) is 37.6 Å². The number of aliphatic hydroxyl groups is 1.